The Morgan fingerprint density at radius 2 is 2.12 bits per heavy atom. The molecule has 0 aliphatic heterocycles. The van der Waals surface area contributed by atoms with Crippen LogP contribution in [0.1, 0.15) is 58.3 Å². The van der Waals surface area contributed by atoms with E-state index in [-0.39, 0.29) is 23.8 Å². The molecule has 5 nitrogen and oxygen atoms in total. The minimum Gasteiger partial charge on any atom is -0.469 e. The van der Waals surface area contributed by atoms with Crippen molar-refractivity contribution in [2.45, 2.75) is 45.1 Å². The topological polar surface area (TPSA) is 71.3 Å². The number of aryl methyl sites for hydroxylation is 2. The van der Waals surface area contributed by atoms with Gasteiger partial charge >= 0.3 is 0 Å². The fourth-order valence-electron chi connectivity index (χ4n) is 3.20. The first kappa shape index (κ1) is 15.4. The molecule has 2 aromatic rings. The molecule has 1 atom stereocenters. The van der Waals surface area contributed by atoms with E-state index in [0.29, 0.717) is 4.88 Å². The highest BCUT2D eigenvalue weighted by Gasteiger charge is 2.30. The third kappa shape index (κ3) is 2.98. The van der Waals surface area contributed by atoms with Crippen LogP contribution in [0.5, 0.6) is 0 Å². The fraction of sp³-hybridized carbons (Fsp3) is 0.444. The molecule has 2 amide bonds. The van der Waals surface area contributed by atoms with E-state index in [9.17, 15) is 9.59 Å². The quantitative estimate of drug-likeness (QED) is 0.886. The van der Waals surface area contributed by atoms with Crippen molar-refractivity contribution in [2.24, 2.45) is 5.92 Å². The summed E-state index contributed by atoms with van der Waals surface area (Å²) in [5.74, 6) is 1.13. The van der Waals surface area contributed by atoms with Gasteiger partial charge in [-0.2, -0.15) is 0 Å². The summed E-state index contributed by atoms with van der Waals surface area (Å²) < 4.78 is 5.48. The molecule has 2 N–H and O–H groups in total. The summed E-state index contributed by atoms with van der Waals surface area (Å²) in [6.07, 6.45) is 6.50. The predicted octanol–water partition coefficient (Wildman–Crippen LogP) is 3.81. The molecule has 1 fully saturated rings. The van der Waals surface area contributed by atoms with Gasteiger partial charge in [0.2, 0.25) is 5.91 Å². The number of hydrogen-bond acceptors (Lipinski definition) is 4. The molecular formula is C18H20N2O3S. The summed E-state index contributed by atoms with van der Waals surface area (Å²) in [4.78, 5) is 25.2. The monoisotopic (exact) mass is 344 g/mol. The number of hydrogen-bond donors (Lipinski definition) is 2. The second-order valence-electron chi connectivity index (χ2n) is 6.60. The molecule has 2 aliphatic rings. The number of furan rings is 1. The molecule has 0 aromatic carbocycles. The van der Waals surface area contributed by atoms with Gasteiger partial charge in [-0.05, 0) is 50.3 Å². The van der Waals surface area contributed by atoms with Gasteiger partial charge in [-0.25, -0.2) is 0 Å². The lowest BCUT2D eigenvalue weighted by molar-refractivity contribution is -0.117. The number of fused-ring (bicyclic) bond motifs is 1. The van der Waals surface area contributed by atoms with Crippen LogP contribution in [0.25, 0.3) is 0 Å². The van der Waals surface area contributed by atoms with Crippen LogP contribution in [0.2, 0.25) is 0 Å². The Bertz CT molecular complexity index is 788. The zero-order chi connectivity index (χ0) is 16.7. The van der Waals surface area contributed by atoms with Gasteiger partial charge in [-0.15, -0.1) is 11.3 Å². The fourth-order valence-corrected chi connectivity index (χ4v) is 4.18. The second kappa shape index (κ2) is 6.09. The standard InChI is InChI=1S/C18H20N2O3S/c1-10-9-15(20-17(21)11-5-6-11)24-16(10)18(22)19-13-3-2-4-14-12(13)7-8-23-14/h7-9,11,13H,2-6H2,1H3,(H,19,22)(H,20,21)/t13-/m0/s1. The van der Waals surface area contributed by atoms with Crippen molar-refractivity contribution in [2.75, 3.05) is 5.32 Å². The number of carbonyl (C=O) groups is 2. The minimum atomic E-state index is -0.0801. The van der Waals surface area contributed by atoms with E-state index in [0.717, 1.165) is 54.0 Å². The van der Waals surface area contributed by atoms with Gasteiger partial charge in [0.25, 0.3) is 5.91 Å². The third-order valence-corrected chi connectivity index (χ3v) is 5.83. The third-order valence-electron chi connectivity index (χ3n) is 4.68. The highest BCUT2D eigenvalue weighted by Crippen LogP contribution is 2.34. The van der Waals surface area contributed by atoms with Crippen LogP contribution in [-0.4, -0.2) is 11.8 Å². The zero-order valence-corrected chi connectivity index (χ0v) is 14.4. The average molecular weight is 344 g/mol. The van der Waals surface area contributed by atoms with Crippen LogP contribution < -0.4 is 10.6 Å². The van der Waals surface area contributed by atoms with Gasteiger partial charge in [0.05, 0.1) is 22.2 Å². The van der Waals surface area contributed by atoms with Crippen molar-refractivity contribution in [3.05, 3.63) is 40.2 Å². The summed E-state index contributed by atoms with van der Waals surface area (Å²) in [5.41, 5.74) is 1.98. The molecule has 126 valence electrons. The van der Waals surface area contributed by atoms with Crippen molar-refractivity contribution in [3.63, 3.8) is 0 Å². The summed E-state index contributed by atoms with van der Waals surface area (Å²) in [5, 5.41) is 6.79. The molecule has 0 saturated heterocycles. The average Bonchev–Trinajstić information content (AvgIpc) is 3.18. The molecule has 4 rings (SSSR count). The summed E-state index contributed by atoms with van der Waals surface area (Å²) in [6.45, 7) is 1.91. The van der Waals surface area contributed by atoms with E-state index in [1.807, 2.05) is 19.1 Å². The Hall–Kier alpha value is -2.08. The van der Waals surface area contributed by atoms with Crippen LogP contribution in [0.3, 0.4) is 0 Å². The molecule has 0 radical (unpaired) electrons. The number of anilines is 1. The summed E-state index contributed by atoms with van der Waals surface area (Å²) >= 11 is 1.35. The lowest BCUT2D eigenvalue weighted by atomic mass is 9.93. The number of carbonyl (C=O) groups excluding carboxylic acids is 2. The van der Waals surface area contributed by atoms with Crippen LogP contribution >= 0.6 is 11.3 Å². The Morgan fingerprint density at radius 1 is 1.29 bits per heavy atom. The molecular weight excluding hydrogens is 324 g/mol. The Morgan fingerprint density at radius 3 is 2.92 bits per heavy atom. The first-order chi connectivity index (χ1) is 11.6. The maximum absolute atomic E-state index is 12.7. The maximum atomic E-state index is 12.7. The van der Waals surface area contributed by atoms with Crippen LogP contribution in [0.15, 0.2) is 22.8 Å². The minimum absolute atomic E-state index is 0.00556. The Kier molecular flexibility index (Phi) is 3.92. The van der Waals surface area contributed by atoms with E-state index in [1.54, 1.807) is 6.26 Å². The molecule has 2 aliphatic carbocycles. The first-order valence-electron chi connectivity index (χ1n) is 8.40. The van der Waals surface area contributed by atoms with Crippen LogP contribution in [-0.2, 0) is 11.2 Å². The van der Waals surface area contributed by atoms with E-state index in [1.165, 1.54) is 11.3 Å². The largest absolute Gasteiger partial charge is 0.469 e. The molecule has 0 unspecified atom stereocenters. The molecule has 0 spiro atoms. The van der Waals surface area contributed by atoms with Gasteiger partial charge in [0.15, 0.2) is 0 Å². The van der Waals surface area contributed by atoms with E-state index >= 15 is 0 Å². The van der Waals surface area contributed by atoms with Crippen molar-refractivity contribution >= 4 is 28.2 Å². The first-order valence-corrected chi connectivity index (χ1v) is 9.22. The molecule has 24 heavy (non-hydrogen) atoms. The predicted molar refractivity (Wildman–Crippen MR) is 92.3 cm³/mol. The maximum Gasteiger partial charge on any atom is 0.262 e. The van der Waals surface area contributed by atoms with Crippen molar-refractivity contribution in [1.29, 1.82) is 0 Å². The SMILES string of the molecule is Cc1cc(NC(=O)C2CC2)sc1C(=O)N[C@H]1CCCc2occc21. The molecule has 6 heteroatoms. The van der Waals surface area contributed by atoms with Gasteiger partial charge < -0.3 is 15.1 Å². The Balaban J connectivity index is 1.47. The molecule has 2 aromatic heterocycles. The van der Waals surface area contributed by atoms with E-state index < -0.39 is 0 Å². The van der Waals surface area contributed by atoms with E-state index in [4.69, 9.17) is 4.42 Å². The number of amides is 2. The smallest absolute Gasteiger partial charge is 0.262 e. The highest BCUT2D eigenvalue weighted by atomic mass is 32.1. The second-order valence-corrected chi connectivity index (χ2v) is 7.66. The summed E-state index contributed by atoms with van der Waals surface area (Å²) in [6, 6.07) is 3.83. The van der Waals surface area contributed by atoms with Crippen LogP contribution in [0, 0.1) is 12.8 Å². The number of nitrogens with one attached hydrogen (secondary N) is 2. The van der Waals surface area contributed by atoms with Crippen molar-refractivity contribution < 1.29 is 14.0 Å². The van der Waals surface area contributed by atoms with Gasteiger partial charge in [0, 0.05) is 17.9 Å². The van der Waals surface area contributed by atoms with Crippen molar-refractivity contribution in [3.8, 4) is 0 Å². The van der Waals surface area contributed by atoms with Gasteiger partial charge in [-0.1, -0.05) is 0 Å². The molecule has 2 heterocycles. The molecule has 0 bridgehead atoms. The Labute approximate surface area is 144 Å². The summed E-state index contributed by atoms with van der Waals surface area (Å²) in [7, 11) is 0. The number of thiophene rings is 1. The van der Waals surface area contributed by atoms with Gasteiger partial charge in [0.1, 0.15) is 5.76 Å². The van der Waals surface area contributed by atoms with Crippen molar-refractivity contribution in [1.82, 2.24) is 5.32 Å². The van der Waals surface area contributed by atoms with E-state index in [2.05, 4.69) is 10.6 Å². The zero-order valence-electron chi connectivity index (χ0n) is 13.6. The lowest BCUT2D eigenvalue weighted by Crippen LogP contribution is -2.30. The normalized spacial score (nSPS) is 19.6. The highest BCUT2D eigenvalue weighted by molar-refractivity contribution is 7.18. The molecule has 1 saturated carbocycles. The lowest BCUT2D eigenvalue weighted by Gasteiger charge is -2.22. The number of rotatable bonds is 4. The van der Waals surface area contributed by atoms with Gasteiger partial charge in [-0.3, -0.25) is 9.59 Å². The van der Waals surface area contributed by atoms with Crippen LogP contribution in [0.4, 0.5) is 5.00 Å².